The van der Waals surface area contributed by atoms with Crippen molar-refractivity contribution in [2.45, 2.75) is 20.8 Å². The molecular formula is C19H19NO5. The molecular weight excluding hydrogens is 322 g/mol. The van der Waals surface area contributed by atoms with Crippen LogP contribution < -0.4 is 9.47 Å². The summed E-state index contributed by atoms with van der Waals surface area (Å²) in [5, 5.41) is 0. The zero-order valence-corrected chi connectivity index (χ0v) is 14.4. The van der Waals surface area contributed by atoms with Crippen LogP contribution >= 0.6 is 0 Å². The first-order chi connectivity index (χ1) is 12.0. The molecule has 0 unspecified atom stereocenters. The molecule has 1 amide bonds. The van der Waals surface area contributed by atoms with Crippen molar-refractivity contribution >= 4 is 18.0 Å². The van der Waals surface area contributed by atoms with E-state index in [0.29, 0.717) is 41.5 Å². The van der Waals surface area contributed by atoms with Gasteiger partial charge in [-0.3, -0.25) is 4.79 Å². The number of carbonyl (C=O) groups excluding carboxylic acids is 2. The number of fused-ring (bicyclic) bond motifs is 1. The summed E-state index contributed by atoms with van der Waals surface area (Å²) in [5.74, 6) is 1.27. The molecule has 0 aliphatic carbocycles. The molecule has 0 fully saturated rings. The molecule has 0 spiro atoms. The molecule has 130 valence electrons. The highest BCUT2D eigenvalue weighted by molar-refractivity contribution is 6.14. The summed E-state index contributed by atoms with van der Waals surface area (Å²) in [6.07, 6.45) is 2.64. The molecule has 0 saturated carbocycles. The van der Waals surface area contributed by atoms with Crippen molar-refractivity contribution in [3.8, 4) is 11.5 Å². The number of rotatable bonds is 4. The van der Waals surface area contributed by atoms with Crippen molar-refractivity contribution in [3.63, 3.8) is 0 Å². The third-order valence-electron chi connectivity index (χ3n) is 4.07. The second kappa shape index (κ2) is 6.84. The Morgan fingerprint density at radius 2 is 2.00 bits per heavy atom. The number of ether oxygens (including phenoxy) is 2. The zero-order chi connectivity index (χ0) is 18.0. The fraction of sp³-hybridized carbons (Fsp3) is 0.263. The third kappa shape index (κ3) is 3.15. The van der Waals surface area contributed by atoms with E-state index in [2.05, 4.69) is 0 Å². The summed E-state index contributed by atoms with van der Waals surface area (Å²) in [4.78, 5) is 26.2. The van der Waals surface area contributed by atoms with Crippen LogP contribution in [0.15, 0.2) is 40.7 Å². The summed E-state index contributed by atoms with van der Waals surface area (Å²) in [7, 11) is 0. The van der Waals surface area contributed by atoms with Crippen LogP contribution in [0.25, 0.3) is 6.08 Å². The van der Waals surface area contributed by atoms with Crippen molar-refractivity contribution in [3.05, 3.63) is 53.2 Å². The van der Waals surface area contributed by atoms with Gasteiger partial charge < -0.3 is 18.8 Å². The summed E-state index contributed by atoms with van der Waals surface area (Å²) < 4.78 is 16.4. The van der Waals surface area contributed by atoms with Gasteiger partial charge in [-0.15, -0.1) is 0 Å². The van der Waals surface area contributed by atoms with Gasteiger partial charge in [0.25, 0.3) is 0 Å². The van der Waals surface area contributed by atoms with Crippen molar-refractivity contribution in [1.82, 2.24) is 4.90 Å². The van der Waals surface area contributed by atoms with E-state index >= 15 is 0 Å². The van der Waals surface area contributed by atoms with E-state index in [1.807, 2.05) is 13.8 Å². The van der Waals surface area contributed by atoms with Crippen LogP contribution in [-0.2, 0) is 0 Å². The quantitative estimate of drug-likeness (QED) is 0.785. The van der Waals surface area contributed by atoms with Gasteiger partial charge in [0.2, 0.25) is 5.78 Å². The molecule has 3 rings (SSSR count). The van der Waals surface area contributed by atoms with Gasteiger partial charge in [-0.1, -0.05) is 0 Å². The standard InChI is InChI=1S/C19H19NO5/c1-4-20(5-2)19(22)25-15-9-8-14-17(21)16(24-18(14)12(15)3)11-13-7-6-10-23-13/h6-11H,4-5H2,1-3H3/b16-11+. The maximum atomic E-state index is 12.5. The molecule has 0 atom stereocenters. The van der Waals surface area contributed by atoms with Crippen molar-refractivity contribution < 1.29 is 23.5 Å². The number of Topliss-reactive ketones (excluding diaryl/α,β-unsaturated/α-hetero) is 1. The second-order valence-corrected chi connectivity index (χ2v) is 5.56. The summed E-state index contributed by atoms with van der Waals surface area (Å²) in [5.41, 5.74) is 1.05. The lowest BCUT2D eigenvalue weighted by molar-refractivity contribution is 0.101. The van der Waals surface area contributed by atoms with Crippen molar-refractivity contribution in [2.24, 2.45) is 0 Å². The monoisotopic (exact) mass is 341 g/mol. The lowest BCUT2D eigenvalue weighted by atomic mass is 10.1. The Hall–Kier alpha value is -3.02. The van der Waals surface area contributed by atoms with Crippen LogP contribution in [0.3, 0.4) is 0 Å². The topological polar surface area (TPSA) is 69.0 Å². The molecule has 0 bridgehead atoms. The number of benzene rings is 1. The fourth-order valence-electron chi connectivity index (χ4n) is 2.62. The highest BCUT2D eigenvalue weighted by Crippen LogP contribution is 2.39. The normalized spacial score (nSPS) is 14.4. The molecule has 6 nitrogen and oxygen atoms in total. The Bertz CT molecular complexity index is 832. The van der Waals surface area contributed by atoms with E-state index in [-0.39, 0.29) is 11.5 Å². The lowest BCUT2D eigenvalue weighted by Gasteiger charge is -2.19. The summed E-state index contributed by atoms with van der Waals surface area (Å²) >= 11 is 0. The van der Waals surface area contributed by atoms with Gasteiger partial charge in [0.05, 0.1) is 11.8 Å². The van der Waals surface area contributed by atoms with Crippen LogP contribution in [0, 0.1) is 6.92 Å². The van der Waals surface area contributed by atoms with Gasteiger partial charge in [-0.25, -0.2) is 4.79 Å². The minimum absolute atomic E-state index is 0.181. The van der Waals surface area contributed by atoms with Gasteiger partial charge in [-0.05, 0) is 45.0 Å². The predicted octanol–water partition coefficient (Wildman–Crippen LogP) is 4.04. The molecule has 6 heteroatoms. The number of amides is 1. The minimum Gasteiger partial charge on any atom is -0.465 e. The zero-order valence-electron chi connectivity index (χ0n) is 14.4. The first-order valence-corrected chi connectivity index (χ1v) is 8.13. The largest absolute Gasteiger partial charge is 0.465 e. The molecule has 25 heavy (non-hydrogen) atoms. The highest BCUT2D eigenvalue weighted by atomic mass is 16.6. The number of carbonyl (C=O) groups is 2. The van der Waals surface area contributed by atoms with E-state index in [4.69, 9.17) is 13.9 Å². The van der Waals surface area contributed by atoms with Crippen LogP contribution in [0.1, 0.15) is 35.5 Å². The van der Waals surface area contributed by atoms with Gasteiger partial charge in [0, 0.05) is 24.7 Å². The SMILES string of the molecule is CCN(CC)C(=O)Oc1ccc2c(c1C)O/C(=C/c1ccco1)C2=O. The minimum atomic E-state index is -0.427. The smallest absolute Gasteiger partial charge is 0.415 e. The number of hydrogen-bond donors (Lipinski definition) is 0. The molecule has 0 N–H and O–H groups in total. The van der Waals surface area contributed by atoms with E-state index < -0.39 is 6.09 Å². The van der Waals surface area contributed by atoms with Crippen LogP contribution in [-0.4, -0.2) is 29.9 Å². The maximum absolute atomic E-state index is 12.5. The number of ketones is 1. The number of allylic oxidation sites excluding steroid dienone is 1. The highest BCUT2D eigenvalue weighted by Gasteiger charge is 2.31. The fourth-order valence-corrected chi connectivity index (χ4v) is 2.62. The predicted molar refractivity (Wildman–Crippen MR) is 91.8 cm³/mol. The number of nitrogens with zero attached hydrogens (tertiary/aromatic N) is 1. The molecule has 1 aliphatic rings. The molecule has 0 saturated heterocycles. The third-order valence-corrected chi connectivity index (χ3v) is 4.07. The first-order valence-electron chi connectivity index (χ1n) is 8.13. The molecule has 2 heterocycles. The average molecular weight is 341 g/mol. The summed E-state index contributed by atoms with van der Waals surface area (Å²) in [6.45, 7) is 6.64. The van der Waals surface area contributed by atoms with Gasteiger partial charge in [0.15, 0.2) is 5.76 Å². The molecule has 0 radical (unpaired) electrons. The van der Waals surface area contributed by atoms with Gasteiger partial charge >= 0.3 is 6.09 Å². The number of furan rings is 1. The van der Waals surface area contributed by atoms with Crippen molar-refractivity contribution in [2.75, 3.05) is 13.1 Å². The lowest BCUT2D eigenvalue weighted by Crippen LogP contribution is -2.33. The Labute approximate surface area is 145 Å². The molecule has 1 aromatic carbocycles. The average Bonchev–Trinajstić information content (AvgIpc) is 3.21. The van der Waals surface area contributed by atoms with Crippen LogP contribution in [0.4, 0.5) is 4.79 Å². The van der Waals surface area contributed by atoms with Crippen LogP contribution in [0.5, 0.6) is 11.5 Å². The van der Waals surface area contributed by atoms with Crippen LogP contribution in [0.2, 0.25) is 0 Å². The van der Waals surface area contributed by atoms with Gasteiger partial charge in [-0.2, -0.15) is 0 Å². The Kier molecular flexibility index (Phi) is 4.61. The van der Waals surface area contributed by atoms with E-state index in [0.717, 1.165) is 0 Å². The maximum Gasteiger partial charge on any atom is 0.415 e. The second-order valence-electron chi connectivity index (χ2n) is 5.56. The van der Waals surface area contributed by atoms with Gasteiger partial charge in [0.1, 0.15) is 17.3 Å². The van der Waals surface area contributed by atoms with E-state index in [9.17, 15) is 9.59 Å². The van der Waals surface area contributed by atoms with Crippen molar-refractivity contribution in [1.29, 1.82) is 0 Å². The van der Waals surface area contributed by atoms with E-state index in [1.165, 1.54) is 6.26 Å². The Morgan fingerprint density at radius 3 is 2.64 bits per heavy atom. The Morgan fingerprint density at radius 1 is 1.24 bits per heavy atom. The van der Waals surface area contributed by atoms with E-state index in [1.54, 1.807) is 42.2 Å². The molecule has 1 aliphatic heterocycles. The molecule has 2 aromatic rings. The first kappa shape index (κ1) is 16.8. The molecule has 1 aromatic heterocycles. The Balaban J connectivity index is 1.88. The number of hydrogen-bond acceptors (Lipinski definition) is 5. The summed E-state index contributed by atoms with van der Waals surface area (Å²) in [6, 6.07) is 6.69.